The van der Waals surface area contributed by atoms with Gasteiger partial charge in [0, 0.05) is 24.7 Å². The molecule has 2 aliphatic rings. The number of alkyl halides is 3. The molecule has 0 saturated carbocycles. The standard InChI is InChI=1S/C29H21F3N8O2/c1-39-16-36-38-26(39)19-6-5-17(10-33)7-21(19)18-8-24(35-13-28(12-34)14-42-15-28)37-25(9-18)40-11-22-20(27(40)41)3-2-4-23(22)29(30,31)32/h2-9,16H,11,13-15H2,1H3,(H,35,37). The molecular formula is C29H21F3N8O2. The molecule has 4 aromatic rings. The molecule has 13 heteroatoms. The van der Waals surface area contributed by atoms with Crippen LogP contribution in [0, 0.1) is 28.1 Å². The molecule has 1 N–H and O–H groups in total. The largest absolute Gasteiger partial charge is 0.416 e. The molecule has 0 unspecified atom stereocenters. The zero-order chi connectivity index (χ0) is 29.6. The summed E-state index contributed by atoms with van der Waals surface area (Å²) in [7, 11) is 1.77. The number of nitrogens with one attached hydrogen (secondary N) is 1. The van der Waals surface area contributed by atoms with Crippen molar-refractivity contribution in [1.82, 2.24) is 19.7 Å². The minimum atomic E-state index is -4.64. The highest BCUT2D eigenvalue weighted by molar-refractivity contribution is 6.10. The fourth-order valence-electron chi connectivity index (χ4n) is 5.07. The number of hydrogen-bond acceptors (Lipinski definition) is 8. The SMILES string of the molecule is Cn1cnnc1-c1ccc(C#N)cc1-c1cc(NCC2(C#N)COC2)nc(N2Cc3c(cccc3C(F)(F)F)C2=O)c1. The summed E-state index contributed by atoms with van der Waals surface area (Å²) in [6.45, 7) is 0.345. The van der Waals surface area contributed by atoms with E-state index in [1.165, 1.54) is 23.4 Å². The number of benzene rings is 2. The summed E-state index contributed by atoms with van der Waals surface area (Å²) in [5.41, 5.74) is 0.270. The lowest BCUT2D eigenvalue weighted by atomic mass is 9.88. The number of nitriles is 2. The molecule has 0 radical (unpaired) electrons. The molecule has 1 amide bonds. The van der Waals surface area contributed by atoms with Crippen molar-refractivity contribution in [2.24, 2.45) is 12.5 Å². The summed E-state index contributed by atoms with van der Waals surface area (Å²) < 4.78 is 48.3. The minimum absolute atomic E-state index is 0.0483. The van der Waals surface area contributed by atoms with Gasteiger partial charge in [0.2, 0.25) is 0 Å². The molecule has 2 aromatic carbocycles. The molecule has 10 nitrogen and oxygen atoms in total. The number of aryl methyl sites for hydroxylation is 1. The number of pyridine rings is 1. The van der Waals surface area contributed by atoms with Crippen molar-refractivity contribution in [3.8, 4) is 34.7 Å². The van der Waals surface area contributed by atoms with Crippen LogP contribution in [0.5, 0.6) is 0 Å². The fourth-order valence-corrected chi connectivity index (χ4v) is 5.07. The Hall–Kier alpha value is -5.27. The molecule has 4 heterocycles. The van der Waals surface area contributed by atoms with Gasteiger partial charge in [0.25, 0.3) is 5.91 Å². The van der Waals surface area contributed by atoms with Gasteiger partial charge in [-0.25, -0.2) is 4.98 Å². The van der Waals surface area contributed by atoms with Crippen LogP contribution in [0.1, 0.15) is 27.0 Å². The van der Waals surface area contributed by atoms with E-state index < -0.39 is 23.1 Å². The predicted molar refractivity (Wildman–Crippen MR) is 144 cm³/mol. The maximum absolute atomic E-state index is 13.8. The van der Waals surface area contributed by atoms with E-state index in [0.717, 1.165) is 6.07 Å². The number of ether oxygens (including phenoxy) is 1. The van der Waals surface area contributed by atoms with Crippen LogP contribution < -0.4 is 10.2 Å². The smallest absolute Gasteiger partial charge is 0.378 e. The summed E-state index contributed by atoms with van der Waals surface area (Å²) in [6, 6.07) is 16.2. The fraction of sp³-hybridized carbons (Fsp3) is 0.241. The summed E-state index contributed by atoms with van der Waals surface area (Å²) in [6.07, 6.45) is -3.11. The molecule has 6 rings (SSSR count). The molecule has 2 aromatic heterocycles. The van der Waals surface area contributed by atoms with Crippen molar-refractivity contribution in [3.05, 3.63) is 77.1 Å². The van der Waals surface area contributed by atoms with E-state index in [1.54, 1.807) is 41.9 Å². The van der Waals surface area contributed by atoms with Crippen molar-refractivity contribution < 1.29 is 22.7 Å². The van der Waals surface area contributed by atoms with Crippen molar-refractivity contribution >= 4 is 17.5 Å². The Morgan fingerprint density at radius 1 is 1.10 bits per heavy atom. The lowest BCUT2D eigenvalue weighted by molar-refractivity contribution is -0.138. The second-order valence-electron chi connectivity index (χ2n) is 10.2. The van der Waals surface area contributed by atoms with Gasteiger partial charge in [-0.1, -0.05) is 6.07 Å². The molecule has 0 atom stereocenters. The lowest BCUT2D eigenvalue weighted by Gasteiger charge is -2.35. The van der Waals surface area contributed by atoms with Gasteiger partial charge in [0.05, 0.1) is 43.0 Å². The second kappa shape index (κ2) is 9.98. The van der Waals surface area contributed by atoms with Gasteiger partial charge in [-0.3, -0.25) is 9.69 Å². The number of nitrogens with zero attached hydrogens (tertiary/aromatic N) is 7. The van der Waals surface area contributed by atoms with E-state index in [1.807, 2.05) is 0 Å². The average Bonchev–Trinajstić information content (AvgIpc) is 3.54. The van der Waals surface area contributed by atoms with Crippen LogP contribution in [0.3, 0.4) is 0 Å². The molecule has 1 fully saturated rings. The predicted octanol–water partition coefficient (Wildman–Crippen LogP) is 4.55. The highest BCUT2D eigenvalue weighted by Gasteiger charge is 2.41. The number of fused-ring (bicyclic) bond motifs is 1. The summed E-state index contributed by atoms with van der Waals surface area (Å²) in [5, 5.41) is 30.6. The normalized spacial score (nSPS) is 15.5. The third-order valence-electron chi connectivity index (χ3n) is 7.38. The first-order valence-electron chi connectivity index (χ1n) is 12.8. The van der Waals surface area contributed by atoms with Gasteiger partial charge in [-0.05, 0) is 59.2 Å². The number of hydrogen-bond donors (Lipinski definition) is 1. The molecule has 0 bridgehead atoms. The number of carbonyl (C=O) groups excluding carboxylic acids is 1. The Kier molecular flexibility index (Phi) is 6.40. The number of anilines is 2. The van der Waals surface area contributed by atoms with Gasteiger partial charge < -0.3 is 14.6 Å². The van der Waals surface area contributed by atoms with E-state index in [-0.39, 0.29) is 49.1 Å². The first kappa shape index (κ1) is 26.9. The highest BCUT2D eigenvalue weighted by atomic mass is 19.4. The molecule has 0 spiro atoms. The Morgan fingerprint density at radius 3 is 2.55 bits per heavy atom. The lowest BCUT2D eigenvalue weighted by Crippen LogP contribution is -2.46. The van der Waals surface area contributed by atoms with Crippen molar-refractivity contribution in [3.63, 3.8) is 0 Å². The molecule has 210 valence electrons. The number of amides is 1. The van der Waals surface area contributed by atoms with Crippen molar-refractivity contribution in [1.29, 1.82) is 10.5 Å². The summed E-state index contributed by atoms with van der Waals surface area (Å²) in [4.78, 5) is 19.2. The van der Waals surface area contributed by atoms with Gasteiger partial charge in [0.1, 0.15) is 23.4 Å². The van der Waals surface area contributed by atoms with Crippen molar-refractivity contribution in [2.75, 3.05) is 30.0 Å². The van der Waals surface area contributed by atoms with Crippen LogP contribution in [0.25, 0.3) is 22.5 Å². The first-order chi connectivity index (χ1) is 20.1. The van der Waals surface area contributed by atoms with Crippen LogP contribution >= 0.6 is 0 Å². The Bertz CT molecular complexity index is 1810. The van der Waals surface area contributed by atoms with Crippen LogP contribution in [0.2, 0.25) is 0 Å². The van der Waals surface area contributed by atoms with Gasteiger partial charge in [0.15, 0.2) is 5.82 Å². The monoisotopic (exact) mass is 570 g/mol. The number of aromatic nitrogens is 4. The molecule has 0 aliphatic carbocycles. The first-order valence-corrected chi connectivity index (χ1v) is 12.8. The second-order valence-corrected chi connectivity index (χ2v) is 10.2. The van der Waals surface area contributed by atoms with Crippen LogP contribution in [-0.2, 0) is 24.5 Å². The average molecular weight is 571 g/mol. The Balaban J connectivity index is 1.49. The van der Waals surface area contributed by atoms with Crippen LogP contribution in [0.15, 0.2) is 54.9 Å². The molecule has 1 saturated heterocycles. The quantitative estimate of drug-likeness (QED) is 0.357. The third-order valence-corrected chi connectivity index (χ3v) is 7.38. The zero-order valence-electron chi connectivity index (χ0n) is 22.1. The minimum Gasteiger partial charge on any atom is -0.378 e. The zero-order valence-corrected chi connectivity index (χ0v) is 22.1. The van der Waals surface area contributed by atoms with Crippen LogP contribution in [0.4, 0.5) is 24.8 Å². The van der Waals surface area contributed by atoms with Gasteiger partial charge >= 0.3 is 6.18 Å². The van der Waals surface area contributed by atoms with Crippen LogP contribution in [-0.4, -0.2) is 45.4 Å². The summed E-state index contributed by atoms with van der Waals surface area (Å²) >= 11 is 0. The van der Waals surface area contributed by atoms with E-state index in [9.17, 15) is 28.5 Å². The number of rotatable bonds is 6. The maximum Gasteiger partial charge on any atom is 0.416 e. The molecule has 2 aliphatic heterocycles. The number of carbonyl (C=O) groups is 1. The van der Waals surface area contributed by atoms with Crippen molar-refractivity contribution in [2.45, 2.75) is 12.7 Å². The maximum atomic E-state index is 13.8. The van der Waals surface area contributed by atoms with E-state index in [0.29, 0.717) is 28.1 Å². The third kappa shape index (κ3) is 4.60. The highest BCUT2D eigenvalue weighted by Crippen LogP contribution is 2.40. The Labute approximate surface area is 237 Å². The van der Waals surface area contributed by atoms with E-state index in [4.69, 9.17) is 4.74 Å². The molecular weight excluding hydrogens is 549 g/mol. The van der Waals surface area contributed by atoms with Gasteiger partial charge in [-0.2, -0.15) is 23.7 Å². The summed E-state index contributed by atoms with van der Waals surface area (Å²) in [5.74, 6) is 0.283. The topological polar surface area (TPSA) is 133 Å². The number of halogens is 3. The Morgan fingerprint density at radius 2 is 1.90 bits per heavy atom. The van der Waals surface area contributed by atoms with Gasteiger partial charge in [-0.15, -0.1) is 10.2 Å². The molecule has 42 heavy (non-hydrogen) atoms. The van der Waals surface area contributed by atoms with E-state index >= 15 is 0 Å². The van der Waals surface area contributed by atoms with E-state index in [2.05, 4.69) is 32.6 Å².